The number of anilines is 1. The Labute approximate surface area is 211 Å². The molecule has 1 aliphatic rings. The van der Waals surface area contributed by atoms with Crippen LogP contribution in [0.2, 0.25) is 10.0 Å². The smallest absolute Gasteiger partial charge is 0.310 e. The van der Waals surface area contributed by atoms with Crippen LogP contribution < -0.4 is 4.90 Å². The zero-order valence-corrected chi connectivity index (χ0v) is 20.1. The highest BCUT2D eigenvalue weighted by Crippen LogP contribution is 2.42. The number of aliphatic hydroxyl groups excluding tert-OH is 1. The summed E-state index contributed by atoms with van der Waals surface area (Å²) in [5.74, 6) is -2.44. The zero-order valence-electron chi connectivity index (χ0n) is 18.6. The Hall–Kier alpha value is -3.68. The minimum atomic E-state index is -0.985. The largest absolute Gasteiger partial charge is 0.507 e. The molecule has 2 aromatic carbocycles. The number of hydrogen-bond acceptors (Lipinski definition) is 6. The van der Waals surface area contributed by atoms with Gasteiger partial charge in [0.25, 0.3) is 11.7 Å². The van der Waals surface area contributed by atoms with Gasteiger partial charge in [0.15, 0.2) is 0 Å². The minimum absolute atomic E-state index is 0.0773. The van der Waals surface area contributed by atoms with Gasteiger partial charge in [0.2, 0.25) is 0 Å². The van der Waals surface area contributed by atoms with Crippen LogP contribution >= 0.6 is 23.2 Å². The van der Waals surface area contributed by atoms with Gasteiger partial charge in [-0.25, -0.2) is 0 Å². The second-order valence-corrected chi connectivity index (χ2v) is 8.52. The van der Waals surface area contributed by atoms with E-state index in [0.717, 1.165) is 0 Å². The predicted octanol–water partition coefficient (Wildman–Crippen LogP) is 5.12. The number of carbonyl (C=O) groups excluding carboxylic acids is 3. The molecule has 1 saturated heterocycles. The van der Waals surface area contributed by atoms with Crippen molar-refractivity contribution in [2.45, 2.75) is 19.4 Å². The fraction of sp³-hybridized carbons (Fsp3) is 0.154. The first kappa shape index (κ1) is 24.4. The summed E-state index contributed by atoms with van der Waals surface area (Å²) in [6.45, 7) is 2.01. The summed E-state index contributed by atoms with van der Waals surface area (Å²) in [4.78, 5) is 43.8. The first-order chi connectivity index (χ1) is 16.8. The molecule has 2 heterocycles. The van der Waals surface area contributed by atoms with Crippen LogP contribution in [0.5, 0.6) is 0 Å². The van der Waals surface area contributed by atoms with Gasteiger partial charge in [-0.1, -0.05) is 41.4 Å². The highest BCUT2D eigenvalue weighted by molar-refractivity contribution is 6.51. The average molecular weight is 511 g/mol. The molecule has 1 atom stereocenters. The summed E-state index contributed by atoms with van der Waals surface area (Å²) in [6.07, 6.45) is 1.62. The molecule has 1 N–H and O–H groups in total. The van der Waals surface area contributed by atoms with E-state index in [4.69, 9.17) is 27.9 Å². The van der Waals surface area contributed by atoms with E-state index in [9.17, 15) is 19.5 Å². The molecule has 0 spiro atoms. The number of hydrogen-bond donors (Lipinski definition) is 1. The highest BCUT2D eigenvalue weighted by Gasteiger charge is 2.47. The highest BCUT2D eigenvalue weighted by atomic mass is 35.5. The molecule has 1 unspecified atom stereocenters. The van der Waals surface area contributed by atoms with Crippen LogP contribution in [0.25, 0.3) is 5.76 Å². The van der Waals surface area contributed by atoms with Crippen LogP contribution in [0.15, 0.2) is 72.4 Å². The molecule has 0 bridgehead atoms. The van der Waals surface area contributed by atoms with Crippen LogP contribution in [0, 0.1) is 0 Å². The Kier molecular flexibility index (Phi) is 7.19. The van der Waals surface area contributed by atoms with Crippen molar-refractivity contribution in [3.8, 4) is 0 Å². The van der Waals surface area contributed by atoms with E-state index >= 15 is 0 Å². The quantitative estimate of drug-likeness (QED) is 0.214. The molecule has 178 valence electrons. The molecular weight excluding hydrogens is 491 g/mol. The maximum absolute atomic E-state index is 13.2. The zero-order chi connectivity index (χ0) is 25.1. The van der Waals surface area contributed by atoms with Gasteiger partial charge in [0.1, 0.15) is 11.8 Å². The lowest BCUT2D eigenvalue weighted by Gasteiger charge is -2.24. The molecule has 1 amide bonds. The number of amides is 1. The van der Waals surface area contributed by atoms with Crippen LogP contribution in [-0.2, 0) is 25.5 Å². The van der Waals surface area contributed by atoms with E-state index in [0.29, 0.717) is 16.9 Å². The monoisotopic (exact) mass is 510 g/mol. The number of esters is 1. The third kappa shape index (κ3) is 4.92. The van der Waals surface area contributed by atoms with Crippen LogP contribution in [-0.4, -0.2) is 34.4 Å². The normalized spacial score (nSPS) is 17.0. The van der Waals surface area contributed by atoms with Crippen LogP contribution in [0.4, 0.5) is 5.69 Å². The third-order valence-corrected chi connectivity index (χ3v) is 6.21. The molecule has 4 rings (SSSR count). The molecule has 35 heavy (non-hydrogen) atoms. The number of Topliss-reactive ketones (excluding diaryl/α,β-unsaturated/α-hetero) is 1. The molecule has 1 aliphatic heterocycles. The fourth-order valence-electron chi connectivity index (χ4n) is 3.87. The Bertz CT molecular complexity index is 1320. The number of halogens is 2. The van der Waals surface area contributed by atoms with Gasteiger partial charge in [-0.05, 0) is 55.0 Å². The Morgan fingerprint density at radius 2 is 1.80 bits per heavy atom. The van der Waals surface area contributed by atoms with Gasteiger partial charge in [-0.2, -0.15) is 0 Å². The molecular formula is C26H20Cl2N2O5. The van der Waals surface area contributed by atoms with Crippen molar-refractivity contribution >= 4 is 52.3 Å². The van der Waals surface area contributed by atoms with Gasteiger partial charge in [-0.15, -0.1) is 0 Å². The molecule has 0 saturated carbocycles. The predicted molar refractivity (Wildman–Crippen MR) is 132 cm³/mol. The third-order valence-electron chi connectivity index (χ3n) is 5.47. The van der Waals surface area contributed by atoms with Gasteiger partial charge in [0, 0.05) is 17.4 Å². The van der Waals surface area contributed by atoms with E-state index in [1.165, 1.54) is 29.3 Å². The number of rotatable bonds is 6. The van der Waals surface area contributed by atoms with Crippen molar-refractivity contribution in [1.29, 1.82) is 0 Å². The van der Waals surface area contributed by atoms with Crippen molar-refractivity contribution in [3.63, 3.8) is 0 Å². The number of benzene rings is 2. The molecule has 1 aromatic heterocycles. The van der Waals surface area contributed by atoms with Crippen molar-refractivity contribution in [2.24, 2.45) is 0 Å². The molecule has 3 aromatic rings. The van der Waals surface area contributed by atoms with Crippen molar-refractivity contribution in [2.75, 3.05) is 11.5 Å². The summed E-state index contributed by atoms with van der Waals surface area (Å²) in [5, 5.41) is 11.6. The summed E-state index contributed by atoms with van der Waals surface area (Å²) >= 11 is 12.1. The standard InChI is InChI=1S/C26H20Cl2N2O5/c1-2-35-21(31)13-15-6-9-17(10-7-15)30-23(20-5-3-4-12-29-20)22(25(33)26(30)34)24(32)16-8-11-18(27)19(28)14-16/h3-12,14,23,32H,2,13H2,1H3/b24-22-. The number of ketones is 1. The Balaban J connectivity index is 1.80. The maximum Gasteiger partial charge on any atom is 0.310 e. The lowest BCUT2D eigenvalue weighted by atomic mass is 9.98. The first-order valence-corrected chi connectivity index (χ1v) is 11.5. The number of aliphatic hydroxyl groups is 1. The van der Waals surface area contributed by atoms with Gasteiger partial charge < -0.3 is 9.84 Å². The summed E-state index contributed by atoms with van der Waals surface area (Å²) in [5.41, 5.74) is 1.60. The maximum atomic E-state index is 13.2. The summed E-state index contributed by atoms with van der Waals surface area (Å²) in [7, 11) is 0. The molecule has 0 radical (unpaired) electrons. The molecule has 7 nitrogen and oxygen atoms in total. The summed E-state index contributed by atoms with van der Waals surface area (Å²) < 4.78 is 4.97. The Morgan fingerprint density at radius 1 is 1.06 bits per heavy atom. The van der Waals surface area contributed by atoms with Crippen molar-refractivity contribution in [1.82, 2.24) is 4.98 Å². The van der Waals surface area contributed by atoms with Gasteiger partial charge in [0.05, 0.1) is 34.3 Å². The molecule has 1 fully saturated rings. The lowest BCUT2D eigenvalue weighted by Crippen LogP contribution is -2.29. The van der Waals surface area contributed by atoms with E-state index in [2.05, 4.69) is 4.98 Å². The number of ether oxygens (including phenoxy) is 1. The number of pyridine rings is 1. The minimum Gasteiger partial charge on any atom is -0.507 e. The van der Waals surface area contributed by atoms with E-state index in [-0.39, 0.29) is 45.9 Å². The second-order valence-electron chi connectivity index (χ2n) is 7.70. The van der Waals surface area contributed by atoms with E-state index < -0.39 is 17.7 Å². The van der Waals surface area contributed by atoms with Crippen molar-refractivity contribution in [3.05, 3.63) is 99.3 Å². The first-order valence-electron chi connectivity index (χ1n) is 10.7. The second kappa shape index (κ2) is 10.3. The van der Waals surface area contributed by atoms with Gasteiger partial charge in [-0.3, -0.25) is 24.3 Å². The van der Waals surface area contributed by atoms with E-state index in [1.54, 1.807) is 49.4 Å². The van der Waals surface area contributed by atoms with Gasteiger partial charge >= 0.3 is 5.97 Å². The van der Waals surface area contributed by atoms with Crippen LogP contribution in [0.1, 0.15) is 29.8 Å². The van der Waals surface area contributed by atoms with Crippen molar-refractivity contribution < 1.29 is 24.2 Å². The number of aromatic nitrogens is 1. The fourth-order valence-corrected chi connectivity index (χ4v) is 4.17. The molecule has 9 heteroatoms. The number of carbonyl (C=O) groups is 3. The molecule has 0 aliphatic carbocycles. The summed E-state index contributed by atoms with van der Waals surface area (Å²) in [6, 6.07) is 15.2. The topological polar surface area (TPSA) is 96.8 Å². The SMILES string of the molecule is CCOC(=O)Cc1ccc(N2C(=O)C(=O)/C(=C(\O)c3ccc(Cl)c(Cl)c3)C2c2ccccn2)cc1. The van der Waals surface area contributed by atoms with E-state index in [1.807, 2.05) is 0 Å². The number of nitrogens with zero attached hydrogens (tertiary/aromatic N) is 2. The Morgan fingerprint density at radius 3 is 2.43 bits per heavy atom. The lowest BCUT2D eigenvalue weighted by molar-refractivity contribution is -0.142. The van der Waals surface area contributed by atoms with Crippen LogP contribution in [0.3, 0.4) is 0 Å². The average Bonchev–Trinajstić information content (AvgIpc) is 3.12.